The molecular formula is C28H38N8O2. The fourth-order valence-electron chi connectivity index (χ4n) is 5.50. The summed E-state index contributed by atoms with van der Waals surface area (Å²) in [6.07, 6.45) is 8.13. The van der Waals surface area contributed by atoms with Crippen molar-refractivity contribution in [2.75, 3.05) is 57.6 Å². The molecule has 2 aliphatic rings. The van der Waals surface area contributed by atoms with E-state index in [0.29, 0.717) is 17.5 Å². The maximum absolute atomic E-state index is 12.9. The molecule has 10 nitrogen and oxygen atoms in total. The highest BCUT2D eigenvalue weighted by Gasteiger charge is 2.27. The average molecular weight is 519 g/mol. The van der Waals surface area contributed by atoms with E-state index in [4.69, 9.17) is 9.72 Å². The monoisotopic (exact) mass is 518 g/mol. The van der Waals surface area contributed by atoms with Gasteiger partial charge in [-0.1, -0.05) is 19.4 Å². The van der Waals surface area contributed by atoms with Gasteiger partial charge in [-0.2, -0.15) is 4.98 Å². The van der Waals surface area contributed by atoms with Gasteiger partial charge < -0.3 is 24.4 Å². The van der Waals surface area contributed by atoms with E-state index in [1.807, 2.05) is 18.3 Å². The Morgan fingerprint density at radius 2 is 1.87 bits per heavy atom. The first-order chi connectivity index (χ1) is 18.4. The molecule has 1 saturated heterocycles. The Bertz CT molecular complexity index is 1290. The third kappa shape index (κ3) is 5.18. The van der Waals surface area contributed by atoms with E-state index in [2.05, 4.69) is 49.2 Å². The second-order valence-electron chi connectivity index (χ2n) is 10.4. The molecule has 1 atom stereocenters. The Kier molecular flexibility index (Phi) is 7.51. The van der Waals surface area contributed by atoms with Crippen molar-refractivity contribution in [3.05, 3.63) is 48.6 Å². The van der Waals surface area contributed by atoms with Gasteiger partial charge >= 0.3 is 0 Å². The van der Waals surface area contributed by atoms with E-state index in [1.165, 1.54) is 12.8 Å². The zero-order chi connectivity index (χ0) is 26.8. The van der Waals surface area contributed by atoms with Crippen LogP contribution in [0.3, 0.4) is 0 Å². The highest BCUT2D eigenvalue weighted by atomic mass is 16.5. The Balaban J connectivity index is 1.30. The molecule has 2 fully saturated rings. The van der Waals surface area contributed by atoms with Crippen molar-refractivity contribution in [1.29, 1.82) is 0 Å². The number of carbonyl (C=O) groups excluding carboxylic acids is 1. The minimum absolute atomic E-state index is 0.0133. The molecular weight excluding hydrogens is 480 g/mol. The lowest BCUT2D eigenvalue weighted by atomic mass is 10.2. The summed E-state index contributed by atoms with van der Waals surface area (Å²) >= 11 is 0. The fraction of sp³-hybridized carbons (Fsp3) is 0.500. The number of pyridine rings is 1. The van der Waals surface area contributed by atoms with Crippen molar-refractivity contribution in [3.8, 4) is 0 Å². The molecule has 202 valence electrons. The molecule has 3 aromatic rings. The Labute approximate surface area is 224 Å². The minimum Gasteiger partial charge on any atom is -0.500 e. The summed E-state index contributed by atoms with van der Waals surface area (Å²) in [6.45, 7) is 9.86. The molecule has 4 heterocycles. The van der Waals surface area contributed by atoms with Crippen LogP contribution >= 0.6 is 0 Å². The summed E-state index contributed by atoms with van der Waals surface area (Å²) in [6, 6.07) is 6.44. The number of carbonyl (C=O) groups is 1. The van der Waals surface area contributed by atoms with Gasteiger partial charge in [0.1, 0.15) is 22.9 Å². The zero-order valence-electron chi connectivity index (χ0n) is 22.9. The van der Waals surface area contributed by atoms with Crippen LogP contribution in [-0.2, 0) is 4.74 Å². The average Bonchev–Trinajstić information content (AvgIpc) is 3.60. The molecule has 1 saturated carbocycles. The van der Waals surface area contributed by atoms with Crippen LogP contribution in [0.1, 0.15) is 49.1 Å². The predicted molar refractivity (Wildman–Crippen MR) is 150 cm³/mol. The first kappa shape index (κ1) is 26.0. The number of rotatable bonds is 8. The second kappa shape index (κ2) is 11.0. The standard InChI is InChI=1S/C28H38N8O2/c1-19(20(2)38-5)34-12-14-35(15-13-34)23-10-11-25(29-18-23)31-28-30-17-21-16-24(27(37)33(3)4)36(26(21)32-28)22-8-6-7-9-22/h10-11,16-19,22H,2,6-9,12-15H2,1,3-5H3,(H,29,30,31,32). The van der Waals surface area contributed by atoms with Crippen molar-refractivity contribution in [3.63, 3.8) is 0 Å². The number of aromatic nitrogens is 4. The van der Waals surface area contributed by atoms with Crippen molar-refractivity contribution in [2.45, 2.75) is 44.7 Å². The number of methoxy groups -OCH3 is 1. The first-order valence-corrected chi connectivity index (χ1v) is 13.4. The normalized spacial score (nSPS) is 17.5. The molecule has 5 rings (SSSR count). The molecule has 0 bridgehead atoms. The van der Waals surface area contributed by atoms with Gasteiger partial charge in [0.25, 0.3) is 5.91 Å². The van der Waals surface area contributed by atoms with Crippen LogP contribution < -0.4 is 10.2 Å². The summed E-state index contributed by atoms with van der Waals surface area (Å²) in [5.41, 5.74) is 2.55. The lowest BCUT2D eigenvalue weighted by Gasteiger charge is -2.39. The number of ether oxygens (including phenoxy) is 1. The minimum atomic E-state index is -0.0133. The van der Waals surface area contributed by atoms with Gasteiger partial charge in [0.05, 0.1) is 25.0 Å². The van der Waals surface area contributed by atoms with Crippen LogP contribution in [0.5, 0.6) is 0 Å². The fourth-order valence-corrected chi connectivity index (χ4v) is 5.50. The number of hydrogen-bond acceptors (Lipinski definition) is 8. The molecule has 0 spiro atoms. The second-order valence-corrected chi connectivity index (χ2v) is 10.4. The van der Waals surface area contributed by atoms with E-state index in [9.17, 15) is 4.79 Å². The Hall–Kier alpha value is -3.66. The highest BCUT2D eigenvalue weighted by molar-refractivity contribution is 5.97. The van der Waals surface area contributed by atoms with Crippen LogP contribution in [-0.4, -0.2) is 88.7 Å². The van der Waals surface area contributed by atoms with E-state index in [-0.39, 0.29) is 18.0 Å². The van der Waals surface area contributed by atoms with Gasteiger partial charge in [0.15, 0.2) is 0 Å². The molecule has 1 aliphatic carbocycles. The zero-order valence-corrected chi connectivity index (χ0v) is 22.9. The predicted octanol–water partition coefficient (Wildman–Crippen LogP) is 4.06. The summed E-state index contributed by atoms with van der Waals surface area (Å²) < 4.78 is 7.44. The number of nitrogens with one attached hydrogen (secondary N) is 1. The number of piperazine rings is 1. The Morgan fingerprint density at radius 3 is 2.50 bits per heavy atom. The molecule has 0 radical (unpaired) electrons. The molecule has 38 heavy (non-hydrogen) atoms. The van der Waals surface area contributed by atoms with Crippen LogP contribution in [0.4, 0.5) is 17.5 Å². The van der Waals surface area contributed by atoms with E-state index in [0.717, 1.165) is 61.5 Å². The van der Waals surface area contributed by atoms with Crippen molar-refractivity contribution < 1.29 is 9.53 Å². The van der Waals surface area contributed by atoms with Gasteiger partial charge in [0, 0.05) is 57.9 Å². The SMILES string of the molecule is C=C(OC)C(C)N1CCN(c2ccc(Nc3ncc4cc(C(=O)N(C)C)n(C5CCCC5)c4n3)nc2)CC1. The quantitative estimate of drug-likeness (QED) is 0.447. The van der Waals surface area contributed by atoms with Crippen molar-refractivity contribution in [1.82, 2.24) is 29.3 Å². The molecule has 1 N–H and O–H groups in total. The summed E-state index contributed by atoms with van der Waals surface area (Å²) in [4.78, 5) is 33.3. The summed E-state index contributed by atoms with van der Waals surface area (Å²) in [5, 5.41) is 4.13. The van der Waals surface area contributed by atoms with Crippen molar-refractivity contribution >= 4 is 34.4 Å². The van der Waals surface area contributed by atoms with Gasteiger partial charge in [-0.3, -0.25) is 9.69 Å². The van der Waals surface area contributed by atoms with Gasteiger partial charge in [-0.05, 0) is 38.0 Å². The number of amides is 1. The van der Waals surface area contributed by atoms with Crippen LogP contribution in [0.25, 0.3) is 11.0 Å². The van der Waals surface area contributed by atoms with Crippen molar-refractivity contribution in [2.24, 2.45) is 0 Å². The number of anilines is 3. The van der Waals surface area contributed by atoms with Crippen LogP contribution in [0, 0.1) is 0 Å². The Morgan fingerprint density at radius 1 is 1.13 bits per heavy atom. The molecule has 3 aromatic heterocycles. The maximum Gasteiger partial charge on any atom is 0.270 e. The third-order valence-corrected chi connectivity index (χ3v) is 7.83. The summed E-state index contributed by atoms with van der Waals surface area (Å²) in [7, 11) is 5.24. The first-order valence-electron chi connectivity index (χ1n) is 13.4. The number of nitrogens with zero attached hydrogens (tertiary/aromatic N) is 7. The van der Waals surface area contributed by atoms with Gasteiger partial charge in [-0.25, -0.2) is 9.97 Å². The van der Waals surface area contributed by atoms with Crippen LogP contribution in [0.15, 0.2) is 42.9 Å². The maximum atomic E-state index is 12.9. The molecule has 10 heteroatoms. The van der Waals surface area contributed by atoms with E-state index < -0.39 is 0 Å². The van der Waals surface area contributed by atoms with Gasteiger partial charge in [0.2, 0.25) is 5.95 Å². The highest BCUT2D eigenvalue weighted by Crippen LogP contribution is 2.35. The number of hydrogen-bond donors (Lipinski definition) is 1. The lowest BCUT2D eigenvalue weighted by molar-refractivity contribution is 0.0815. The molecule has 1 unspecified atom stereocenters. The van der Waals surface area contributed by atoms with Crippen LogP contribution in [0.2, 0.25) is 0 Å². The van der Waals surface area contributed by atoms with E-state index in [1.54, 1.807) is 32.3 Å². The largest absolute Gasteiger partial charge is 0.500 e. The summed E-state index contributed by atoms with van der Waals surface area (Å²) in [5.74, 6) is 1.94. The molecule has 1 amide bonds. The smallest absolute Gasteiger partial charge is 0.270 e. The number of fused-ring (bicyclic) bond motifs is 1. The van der Waals surface area contributed by atoms with Gasteiger partial charge in [-0.15, -0.1) is 0 Å². The lowest BCUT2D eigenvalue weighted by Crippen LogP contribution is -2.50. The topological polar surface area (TPSA) is 91.7 Å². The molecule has 1 aliphatic heterocycles. The van der Waals surface area contributed by atoms with E-state index >= 15 is 0 Å². The molecule has 0 aromatic carbocycles. The third-order valence-electron chi connectivity index (χ3n) is 7.83.